The summed E-state index contributed by atoms with van der Waals surface area (Å²) in [4.78, 5) is 0. The first-order valence-corrected chi connectivity index (χ1v) is 7.22. The fraction of sp³-hybridized carbons (Fsp3) is 0.368. The maximum atomic E-state index is 2.41. The molecule has 0 radical (unpaired) electrons. The van der Waals surface area contributed by atoms with Crippen molar-refractivity contribution in [2.45, 2.75) is 41.0 Å². The molecule has 0 unspecified atom stereocenters. The highest BCUT2D eigenvalue weighted by molar-refractivity contribution is 5.91. The van der Waals surface area contributed by atoms with Crippen LogP contribution in [0.2, 0.25) is 0 Å². The van der Waals surface area contributed by atoms with E-state index >= 15 is 0 Å². The molecule has 0 amide bonds. The van der Waals surface area contributed by atoms with Crippen LogP contribution in [0.4, 0.5) is 0 Å². The van der Waals surface area contributed by atoms with E-state index in [4.69, 9.17) is 0 Å². The van der Waals surface area contributed by atoms with Crippen LogP contribution >= 0.6 is 0 Å². The average molecular weight is 250 g/mol. The molecule has 0 heteroatoms. The molecule has 0 aromatic heterocycles. The van der Waals surface area contributed by atoms with Crippen LogP contribution in [0.15, 0.2) is 29.4 Å². The molecule has 0 heterocycles. The highest BCUT2D eigenvalue weighted by Gasteiger charge is 2.24. The highest BCUT2D eigenvalue weighted by atomic mass is 14.3. The molecule has 0 atom stereocenters. The molecule has 0 fully saturated rings. The molecule has 3 rings (SSSR count). The molecule has 2 aliphatic rings. The summed E-state index contributed by atoms with van der Waals surface area (Å²) in [6.07, 6.45) is 8.14. The Morgan fingerprint density at radius 1 is 1.05 bits per heavy atom. The second-order valence-corrected chi connectivity index (χ2v) is 6.26. The lowest BCUT2D eigenvalue weighted by atomic mass is 9.92. The Hall–Kier alpha value is -1.56. The summed E-state index contributed by atoms with van der Waals surface area (Å²) >= 11 is 0. The van der Waals surface area contributed by atoms with E-state index in [9.17, 15) is 0 Å². The van der Waals surface area contributed by atoms with Crippen molar-refractivity contribution in [2.24, 2.45) is 5.92 Å². The second-order valence-electron chi connectivity index (χ2n) is 6.26. The lowest BCUT2D eigenvalue weighted by Crippen LogP contribution is -1.95. The predicted molar refractivity (Wildman–Crippen MR) is 84.2 cm³/mol. The molecular weight excluding hydrogens is 228 g/mol. The van der Waals surface area contributed by atoms with E-state index in [1.54, 1.807) is 5.56 Å². The van der Waals surface area contributed by atoms with Gasteiger partial charge in [0.2, 0.25) is 0 Å². The van der Waals surface area contributed by atoms with E-state index in [1.807, 2.05) is 0 Å². The molecule has 0 bridgehead atoms. The highest BCUT2D eigenvalue weighted by Crippen LogP contribution is 2.42. The van der Waals surface area contributed by atoms with Gasteiger partial charge >= 0.3 is 0 Å². The van der Waals surface area contributed by atoms with Gasteiger partial charge in [0.1, 0.15) is 0 Å². The van der Waals surface area contributed by atoms with Crippen molar-refractivity contribution < 1.29 is 0 Å². The number of benzene rings is 1. The number of hydrogen-bond acceptors (Lipinski definition) is 0. The van der Waals surface area contributed by atoms with Crippen molar-refractivity contribution in [2.75, 3.05) is 0 Å². The number of rotatable bonds is 1. The van der Waals surface area contributed by atoms with E-state index in [-0.39, 0.29) is 0 Å². The lowest BCUT2D eigenvalue weighted by molar-refractivity contribution is 0.793. The maximum absolute atomic E-state index is 2.41. The number of allylic oxidation sites excluding steroid dienone is 5. The molecule has 1 aromatic carbocycles. The van der Waals surface area contributed by atoms with Gasteiger partial charge in [-0.25, -0.2) is 0 Å². The fourth-order valence-corrected chi connectivity index (χ4v) is 3.21. The molecule has 2 aliphatic carbocycles. The Kier molecular flexibility index (Phi) is 2.78. The van der Waals surface area contributed by atoms with E-state index in [0.29, 0.717) is 5.92 Å². The molecule has 98 valence electrons. The van der Waals surface area contributed by atoms with Crippen LogP contribution in [0, 0.1) is 19.8 Å². The third kappa shape index (κ3) is 1.82. The minimum absolute atomic E-state index is 0.581. The largest absolute Gasteiger partial charge is 0.0610 e. The van der Waals surface area contributed by atoms with Crippen molar-refractivity contribution in [3.63, 3.8) is 0 Å². The minimum Gasteiger partial charge on any atom is -0.0610 e. The van der Waals surface area contributed by atoms with E-state index in [0.717, 1.165) is 6.42 Å². The van der Waals surface area contributed by atoms with Crippen LogP contribution in [0.25, 0.3) is 11.6 Å². The van der Waals surface area contributed by atoms with Crippen molar-refractivity contribution in [1.82, 2.24) is 0 Å². The zero-order valence-corrected chi connectivity index (χ0v) is 12.6. The van der Waals surface area contributed by atoms with Crippen molar-refractivity contribution in [3.8, 4) is 0 Å². The summed E-state index contributed by atoms with van der Waals surface area (Å²) < 4.78 is 0. The van der Waals surface area contributed by atoms with Gasteiger partial charge in [-0.1, -0.05) is 43.7 Å². The number of aryl methyl sites for hydroxylation is 1. The van der Waals surface area contributed by atoms with Gasteiger partial charge in [0.15, 0.2) is 0 Å². The first-order chi connectivity index (χ1) is 8.99. The van der Waals surface area contributed by atoms with Gasteiger partial charge < -0.3 is 0 Å². The Morgan fingerprint density at radius 2 is 1.79 bits per heavy atom. The van der Waals surface area contributed by atoms with Gasteiger partial charge in [0.05, 0.1) is 0 Å². The molecule has 0 aliphatic heterocycles. The summed E-state index contributed by atoms with van der Waals surface area (Å²) in [6.45, 7) is 11.3. The topological polar surface area (TPSA) is 0 Å². The smallest absolute Gasteiger partial charge is 0.00515 e. The summed E-state index contributed by atoms with van der Waals surface area (Å²) in [5, 5.41) is 0. The monoisotopic (exact) mass is 250 g/mol. The first-order valence-electron chi connectivity index (χ1n) is 7.22. The number of hydrogen-bond donors (Lipinski definition) is 0. The van der Waals surface area contributed by atoms with Gasteiger partial charge in [-0.05, 0) is 72.1 Å². The van der Waals surface area contributed by atoms with Crippen molar-refractivity contribution >= 4 is 11.6 Å². The lowest BCUT2D eigenvalue weighted by Gasteiger charge is -2.12. The van der Waals surface area contributed by atoms with E-state index in [1.165, 1.54) is 39.0 Å². The van der Waals surface area contributed by atoms with Crippen LogP contribution in [0.1, 0.15) is 48.6 Å². The molecule has 19 heavy (non-hydrogen) atoms. The summed E-state index contributed by atoms with van der Waals surface area (Å²) in [5.41, 5.74) is 11.8. The van der Waals surface area contributed by atoms with Crippen LogP contribution < -0.4 is 0 Å². The van der Waals surface area contributed by atoms with Crippen LogP contribution in [-0.2, 0) is 6.42 Å². The third-order valence-electron chi connectivity index (χ3n) is 4.61. The Bertz CT molecular complexity index is 649. The zero-order chi connectivity index (χ0) is 13.7. The molecule has 0 saturated carbocycles. The Labute approximate surface area is 116 Å². The Morgan fingerprint density at radius 3 is 2.47 bits per heavy atom. The van der Waals surface area contributed by atoms with Gasteiger partial charge in [-0.3, -0.25) is 0 Å². The van der Waals surface area contributed by atoms with Gasteiger partial charge in [-0.2, -0.15) is 0 Å². The van der Waals surface area contributed by atoms with E-state index in [2.05, 4.69) is 58.9 Å². The van der Waals surface area contributed by atoms with Crippen molar-refractivity contribution in [1.29, 1.82) is 0 Å². The van der Waals surface area contributed by atoms with Crippen LogP contribution in [0.3, 0.4) is 0 Å². The minimum atomic E-state index is 0.581. The van der Waals surface area contributed by atoms with Gasteiger partial charge in [0.25, 0.3) is 0 Å². The second kappa shape index (κ2) is 4.23. The van der Waals surface area contributed by atoms with Crippen LogP contribution in [0.5, 0.6) is 0 Å². The molecule has 0 saturated heterocycles. The molecule has 0 spiro atoms. The zero-order valence-electron chi connectivity index (χ0n) is 12.6. The average Bonchev–Trinajstić information content (AvgIpc) is 2.56. The van der Waals surface area contributed by atoms with Crippen LogP contribution in [-0.4, -0.2) is 0 Å². The molecule has 1 aromatic rings. The standard InChI is InChI=1S/C19H22/c1-11(2)15-6-7-16-8-12(3)14(5)18-9-13(4)17(10-15)19(16)18/h6-8,10-11H,9H2,1-5H3. The normalized spacial score (nSPS) is 16.8. The maximum Gasteiger partial charge on any atom is -0.00515 e. The SMILES string of the molecule is CC1=C2C=C(C(C)C)C=Cc3cc(C)c(C)c(c32)C1. The third-order valence-corrected chi connectivity index (χ3v) is 4.61. The summed E-state index contributed by atoms with van der Waals surface area (Å²) in [6, 6.07) is 2.35. The Balaban J connectivity index is 2.31. The quantitative estimate of drug-likeness (QED) is 0.639. The first kappa shape index (κ1) is 12.5. The summed E-state index contributed by atoms with van der Waals surface area (Å²) in [5.74, 6) is 0.581. The molecule has 0 nitrogen and oxygen atoms in total. The summed E-state index contributed by atoms with van der Waals surface area (Å²) in [7, 11) is 0. The molecular formula is C19H22. The van der Waals surface area contributed by atoms with Crippen molar-refractivity contribution in [3.05, 3.63) is 57.2 Å². The van der Waals surface area contributed by atoms with Gasteiger partial charge in [-0.15, -0.1) is 0 Å². The van der Waals surface area contributed by atoms with Gasteiger partial charge in [0, 0.05) is 0 Å². The fourth-order valence-electron chi connectivity index (χ4n) is 3.21. The predicted octanol–water partition coefficient (Wildman–Crippen LogP) is 5.24. The molecule has 0 N–H and O–H groups in total. The van der Waals surface area contributed by atoms with E-state index < -0.39 is 0 Å².